The molecule has 5 nitrogen and oxygen atoms in total. The summed E-state index contributed by atoms with van der Waals surface area (Å²) in [5, 5.41) is 11.4. The average molecular weight is 486 g/mol. The topological polar surface area (TPSA) is 68.1 Å². The first kappa shape index (κ1) is 24.4. The number of aliphatic hydroxyl groups excluding tert-OH is 1. The number of para-hydroxylation sites is 1. The van der Waals surface area contributed by atoms with Gasteiger partial charge in [0.1, 0.15) is 28.7 Å². The Hall–Kier alpha value is -3.77. The molecule has 0 saturated heterocycles. The molecule has 0 aromatic heterocycles. The number of rotatable bonds is 7. The van der Waals surface area contributed by atoms with E-state index in [-0.39, 0.29) is 17.9 Å². The summed E-state index contributed by atoms with van der Waals surface area (Å²) in [6.45, 7) is 6.40. The van der Waals surface area contributed by atoms with Crippen LogP contribution in [-0.4, -0.2) is 22.7 Å². The Labute approximate surface area is 209 Å². The van der Waals surface area contributed by atoms with Crippen molar-refractivity contribution >= 4 is 34.5 Å². The van der Waals surface area contributed by atoms with Gasteiger partial charge in [-0.1, -0.05) is 77.5 Å². The molecule has 0 saturated carbocycles. The number of benzene rings is 3. The predicted octanol–water partition coefficient (Wildman–Crippen LogP) is 7.08. The Morgan fingerprint density at radius 2 is 1.77 bits per heavy atom. The van der Waals surface area contributed by atoms with Crippen molar-refractivity contribution in [2.75, 3.05) is 6.61 Å². The van der Waals surface area contributed by atoms with E-state index >= 15 is 0 Å². The molecular formula is C29H27NO4S. The highest BCUT2D eigenvalue weighted by Gasteiger charge is 2.33. The third-order valence-corrected chi connectivity index (χ3v) is 6.34. The summed E-state index contributed by atoms with van der Waals surface area (Å²) in [5.41, 5.74) is 4.90. The van der Waals surface area contributed by atoms with Gasteiger partial charge in [0.25, 0.3) is 0 Å². The van der Waals surface area contributed by atoms with Gasteiger partial charge in [0.05, 0.1) is 17.2 Å². The first-order valence-electron chi connectivity index (χ1n) is 11.4. The molecule has 178 valence electrons. The number of carbonyl (C=O) groups excluding carboxylic acids is 1. The van der Waals surface area contributed by atoms with Crippen LogP contribution in [0.4, 0.5) is 5.69 Å². The lowest BCUT2D eigenvalue weighted by molar-refractivity contribution is -0.138. The van der Waals surface area contributed by atoms with Crippen molar-refractivity contribution in [3.63, 3.8) is 0 Å². The second-order valence-corrected chi connectivity index (χ2v) is 9.15. The van der Waals surface area contributed by atoms with E-state index in [1.54, 1.807) is 6.92 Å². The summed E-state index contributed by atoms with van der Waals surface area (Å²) in [6, 6.07) is 23.4. The Morgan fingerprint density at radius 3 is 2.51 bits per heavy atom. The van der Waals surface area contributed by atoms with Crippen LogP contribution in [-0.2, 0) is 16.1 Å². The minimum atomic E-state index is -0.601. The quantitative estimate of drug-likeness (QED) is 0.362. The maximum absolute atomic E-state index is 12.7. The lowest BCUT2D eigenvalue weighted by Crippen LogP contribution is -2.12. The normalized spacial score (nSPS) is 15.6. The van der Waals surface area contributed by atoms with Crippen LogP contribution in [0.15, 0.2) is 94.0 Å². The maximum Gasteiger partial charge on any atom is 0.344 e. The van der Waals surface area contributed by atoms with E-state index in [9.17, 15) is 9.90 Å². The molecular weight excluding hydrogens is 458 g/mol. The van der Waals surface area contributed by atoms with Crippen molar-refractivity contribution in [2.45, 2.75) is 27.4 Å². The standard InChI is InChI=1S/C29H27NO4S/c1-4-33-29(32)26-27(31)25(35-28(26)30-23-14-12-19(2)13-15-23)17-22-10-5-6-11-24(22)34-18-21-9-7-8-20(3)16-21/h5-17,31H,4,18H2,1-3H3/b25-17-,30-28?. The molecule has 3 aromatic carbocycles. The lowest BCUT2D eigenvalue weighted by atomic mass is 10.1. The molecule has 0 unspecified atom stereocenters. The van der Waals surface area contributed by atoms with Crippen molar-refractivity contribution in [3.8, 4) is 5.75 Å². The van der Waals surface area contributed by atoms with Crippen LogP contribution in [0.3, 0.4) is 0 Å². The molecule has 6 heteroatoms. The molecule has 1 aliphatic rings. The largest absolute Gasteiger partial charge is 0.506 e. The van der Waals surface area contributed by atoms with Crippen LogP contribution in [0, 0.1) is 13.8 Å². The van der Waals surface area contributed by atoms with Crippen molar-refractivity contribution in [1.82, 2.24) is 0 Å². The molecule has 1 aliphatic heterocycles. The molecule has 0 radical (unpaired) electrons. The second-order valence-electron chi connectivity index (χ2n) is 8.12. The van der Waals surface area contributed by atoms with Crippen molar-refractivity contribution in [2.24, 2.45) is 4.99 Å². The van der Waals surface area contributed by atoms with Gasteiger partial charge in [-0.3, -0.25) is 0 Å². The van der Waals surface area contributed by atoms with Gasteiger partial charge in [-0.25, -0.2) is 9.79 Å². The van der Waals surface area contributed by atoms with E-state index in [4.69, 9.17) is 9.47 Å². The Morgan fingerprint density at radius 1 is 1.00 bits per heavy atom. The van der Waals surface area contributed by atoms with Gasteiger partial charge >= 0.3 is 5.97 Å². The van der Waals surface area contributed by atoms with Crippen LogP contribution >= 0.6 is 11.8 Å². The van der Waals surface area contributed by atoms with Gasteiger partial charge in [-0.15, -0.1) is 0 Å². The number of nitrogens with zero attached hydrogens (tertiary/aromatic N) is 1. The predicted molar refractivity (Wildman–Crippen MR) is 142 cm³/mol. The molecule has 1 N–H and O–H groups in total. The van der Waals surface area contributed by atoms with Gasteiger partial charge in [-0.05, 0) is 50.6 Å². The first-order valence-corrected chi connectivity index (χ1v) is 12.2. The van der Waals surface area contributed by atoms with E-state index in [0.717, 1.165) is 16.7 Å². The molecule has 0 spiro atoms. The molecule has 0 atom stereocenters. The summed E-state index contributed by atoms with van der Waals surface area (Å²) in [5.74, 6) is -0.0694. The Kier molecular flexibility index (Phi) is 7.73. The molecule has 1 heterocycles. The smallest absolute Gasteiger partial charge is 0.344 e. The van der Waals surface area contributed by atoms with Gasteiger partial charge in [0.15, 0.2) is 0 Å². The minimum Gasteiger partial charge on any atom is -0.506 e. The fraction of sp³-hybridized carbons (Fsp3) is 0.172. The highest BCUT2D eigenvalue weighted by atomic mass is 32.2. The molecule has 0 aliphatic carbocycles. The van der Waals surface area contributed by atoms with Crippen LogP contribution in [0.25, 0.3) is 6.08 Å². The van der Waals surface area contributed by atoms with Crippen LogP contribution in [0.1, 0.15) is 29.2 Å². The number of ether oxygens (including phenoxy) is 2. The van der Waals surface area contributed by atoms with E-state index in [1.165, 1.54) is 17.3 Å². The highest BCUT2D eigenvalue weighted by Crippen LogP contribution is 2.41. The zero-order valence-electron chi connectivity index (χ0n) is 19.9. The number of esters is 1. The second kappa shape index (κ2) is 11.1. The third-order valence-electron chi connectivity index (χ3n) is 5.32. The molecule has 35 heavy (non-hydrogen) atoms. The summed E-state index contributed by atoms with van der Waals surface area (Å²) in [4.78, 5) is 17.8. The maximum atomic E-state index is 12.7. The fourth-order valence-electron chi connectivity index (χ4n) is 3.56. The van der Waals surface area contributed by atoms with Crippen molar-refractivity contribution < 1.29 is 19.4 Å². The van der Waals surface area contributed by atoms with E-state index in [1.807, 2.05) is 86.7 Å². The zero-order valence-corrected chi connectivity index (χ0v) is 20.8. The van der Waals surface area contributed by atoms with Gasteiger partial charge in [0.2, 0.25) is 0 Å². The molecule has 0 fully saturated rings. The van der Waals surface area contributed by atoms with Gasteiger partial charge in [0, 0.05) is 5.56 Å². The number of thioether (sulfide) groups is 1. The molecule has 0 amide bonds. The van der Waals surface area contributed by atoms with Gasteiger partial charge in [-0.2, -0.15) is 0 Å². The van der Waals surface area contributed by atoms with E-state index in [0.29, 0.717) is 28.0 Å². The van der Waals surface area contributed by atoms with Crippen LogP contribution < -0.4 is 4.74 Å². The summed E-state index contributed by atoms with van der Waals surface area (Å²) >= 11 is 1.23. The molecule has 3 aromatic rings. The van der Waals surface area contributed by atoms with Crippen molar-refractivity contribution in [3.05, 3.63) is 111 Å². The fourth-order valence-corrected chi connectivity index (χ4v) is 4.59. The van der Waals surface area contributed by atoms with Crippen LogP contribution in [0.2, 0.25) is 0 Å². The Bertz CT molecular complexity index is 1320. The molecule has 4 rings (SSSR count). The number of aliphatic imine (C=N–C) groups is 1. The Balaban J connectivity index is 1.66. The average Bonchev–Trinajstić information content (AvgIpc) is 3.14. The third kappa shape index (κ3) is 6.03. The number of hydrogen-bond acceptors (Lipinski definition) is 6. The highest BCUT2D eigenvalue weighted by molar-refractivity contribution is 8.18. The van der Waals surface area contributed by atoms with Crippen molar-refractivity contribution in [1.29, 1.82) is 0 Å². The molecule has 0 bridgehead atoms. The monoisotopic (exact) mass is 485 g/mol. The number of aliphatic hydroxyl groups is 1. The van der Waals surface area contributed by atoms with E-state index in [2.05, 4.69) is 11.1 Å². The summed E-state index contributed by atoms with van der Waals surface area (Å²) in [6.07, 6.45) is 1.81. The summed E-state index contributed by atoms with van der Waals surface area (Å²) < 4.78 is 11.3. The van der Waals surface area contributed by atoms with Gasteiger partial charge < -0.3 is 14.6 Å². The van der Waals surface area contributed by atoms with Crippen LogP contribution in [0.5, 0.6) is 5.75 Å². The number of carbonyl (C=O) groups is 1. The zero-order chi connectivity index (χ0) is 24.8. The first-order chi connectivity index (χ1) is 16.9. The number of aryl methyl sites for hydroxylation is 2. The number of hydrogen-bond donors (Lipinski definition) is 1. The summed E-state index contributed by atoms with van der Waals surface area (Å²) in [7, 11) is 0. The van der Waals surface area contributed by atoms with E-state index < -0.39 is 5.97 Å². The lowest BCUT2D eigenvalue weighted by Gasteiger charge is -2.10. The minimum absolute atomic E-state index is 0.0711. The SMILES string of the molecule is CCOC(=O)C1=C(O)/C(=C/c2ccccc2OCc2cccc(C)c2)SC1=Nc1ccc(C)cc1.